The summed E-state index contributed by atoms with van der Waals surface area (Å²) >= 11 is 0. The van der Waals surface area contributed by atoms with E-state index in [-0.39, 0.29) is 5.91 Å². The molecule has 4 rings (SSSR count). The van der Waals surface area contributed by atoms with Crippen LogP contribution in [0.3, 0.4) is 0 Å². The molecule has 4 aliphatic heterocycles. The Hall–Kier alpha value is -0.690. The van der Waals surface area contributed by atoms with Gasteiger partial charge < -0.3 is 5.73 Å². The lowest BCUT2D eigenvalue weighted by Crippen LogP contribution is -2.74. The third-order valence-electron chi connectivity index (χ3n) is 5.43. The Morgan fingerprint density at radius 2 is 1.56 bits per heavy atom. The molecule has 0 saturated carbocycles. The Balaban J connectivity index is 1.71. The minimum Gasteiger partial charge on any atom is -0.365 e. The zero-order valence-corrected chi connectivity index (χ0v) is 10.8. The van der Waals surface area contributed by atoms with Gasteiger partial charge in [0.2, 0.25) is 0 Å². The molecule has 0 bridgehead atoms. The van der Waals surface area contributed by atoms with E-state index in [4.69, 9.17) is 5.73 Å². The van der Waals surface area contributed by atoms with Crippen LogP contribution in [0.15, 0.2) is 0 Å². The normalized spacial score (nSPS) is 44.2. The fourth-order valence-corrected chi connectivity index (χ4v) is 4.66. The molecular weight excluding hydrogens is 230 g/mol. The molecule has 18 heavy (non-hydrogen) atoms. The Bertz CT molecular complexity index is 383. The number of hydrogen-bond acceptors (Lipinski definition) is 4. The molecule has 0 aromatic rings. The number of primary amides is 1. The number of carbonyl (C=O) groups is 1. The van der Waals surface area contributed by atoms with Crippen molar-refractivity contribution in [3.8, 4) is 0 Å². The maximum absolute atomic E-state index is 11.5. The number of piperazine rings is 2. The van der Waals surface area contributed by atoms with Crippen LogP contribution in [0.1, 0.15) is 0 Å². The summed E-state index contributed by atoms with van der Waals surface area (Å²) in [6.07, 6.45) is 1.02. The Labute approximate surface area is 107 Å². The van der Waals surface area contributed by atoms with Gasteiger partial charge in [-0.1, -0.05) is 0 Å². The smallest absolute Gasteiger partial charge is 0.272 e. The molecule has 2 N–H and O–H groups in total. The van der Waals surface area contributed by atoms with Crippen LogP contribution in [-0.2, 0) is 4.79 Å². The second kappa shape index (κ2) is 3.66. The molecule has 4 heterocycles. The summed E-state index contributed by atoms with van der Waals surface area (Å²) in [6, 6.07) is 0. The molecule has 0 aliphatic carbocycles. The molecule has 4 fully saturated rings. The first-order valence-electron chi connectivity index (χ1n) is 7.06. The Morgan fingerprint density at radius 1 is 1.00 bits per heavy atom. The molecule has 6 heteroatoms. The van der Waals surface area contributed by atoms with Gasteiger partial charge in [0, 0.05) is 32.7 Å². The zero-order valence-electron chi connectivity index (χ0n) is 10.8. The summed E-state index contributed by atoms with van der Waals surface area (Å²) in [5, 5.41) is 0. The minimum atomic E-state index is -0.138. The van der Waals surface area contributed by atoms with E-state index < -0.39 is 0 Å². The van der Waals surface area contributed by atoms with E-state index in [1.54, 1.807) is 0 Å². The highest BCUT2D eigenvalue weighted by atomic mass is 16.1. The van der Waals surface area contributed by atoms with E-state index in [1.165, 1.54) is 19.6 Å². The number of hydrogen-bond donors (Lipinski definition) is 1. The number of quaternary nitrogens is 1. The summed E-state index contributed by atoms with van der Waals surface area (Å²) in [5.74, 6) is -0.138. The first kappa shape index (κ1) is 11.2. The number of carbonyl (C=O) groups excluding carboxylic acids is 1. The van der Waals surface area contributed by atoms with E-state index in [0.29, 0.717) is 18.9 Å². The van der Waals surface area contributed by atoms with Crippen LogP contribution in [-0.4, -0.2) is 96.3 Å². The van der Waals surface area contributed by atoms with Gasteiger partial charge >= 0.3 is 0 Å². The van der Waals surface area contributed by atoms with Crippen molar-refractivity contribution in [1.82, 2.24) is 14.7 Å². The predicted molar refractivity (Wildman–Crippen MR) is 66.4 cm³/mol. The molecule has 100 valence electrons. The van der Waals surface area contributed by atoms with Gasteiger partial charge in [-0.25, -0.2) is 4.90 Å². The highest BCUT2D eigenvalue weighted by molar-refractivity contribution is 5.75. The zero-order chi connectivity index (χ0) is 12.3. The lowest BCUT2D eigenvalue weighted by Gasteiger charge is -2.53. The fraction of sp³-hybridized carbons (Fsp3) is 0.917. The summed E-state index contributed by atoms with van der Waals surface area (Å²) < 4.78 is 0.924. The maximum Gasteiger partial charge on any atom is 0.272 e. The van der Waals surface area contributed by atoms with Gasteiger partial charge in [-0.05, 0) is 0 Å². The highest BCUT2D eigenvalue weighted by Gasteiger charge is 2.60. The van der Waals surface area contributed by atoms with Crippen LogP contribution in [0.4, 0.5) is 0 Å². The molecule has 4 aliphatic rings. The summed E-state index contributed by atoms with van der Waals surface area (Å²) in [4.78, 5) is 19.3. The van der Waals surface area contributed by atoms with Crippen LogP contribution in [0.2, 0.25) is 0 Å². The largest absolute Gasteiger partial charge is 0.365 e. The van der Waals surface area contributed by atoms with Gasteiger partial charge in [-0.15, -0.1) is 0 Å². The van der Waals surface area contributed by atoms with Crippen molar-refractivity contribution in [2.45, 2.75) is 12.3 Å². The highest BCUT2D eigenvalue weighted by Crippen LogP contribution is 2.38. The first-order valence-corrected chi connectivity index (χ1v) is 7.06. The summed E-state index contributed by atoms with van der Waals surface area (Å²) in [6.45, 7) is 9.73. The van der Waals surface area contributed by atoms with Crippen molar-refractivity contribution < 1.29 is 9.28 Å². The van der Waals surface area contributed by atoms with E-state index in [1.807, 2.05) is 0 Å². The van der Waals surface area contributed by atoms with Gasteiger partial charge in [0.05, 0.1) is 19.6 Å². The van der Waals surface area contributed by atoms with Crippen molar-refractivity contribution in [1.29, 1.82) is 0 Å². The Morgan fingerprint density at radius 3 is 2.22 bits per heavy atom. The SMILES string of the molecule is NC(=O)C[N+]12CCN3CCN4CCN(CC1)C2C43. The van der Waals surface area contributed by atoms with Gasteiger partial charge in [0.15, 0.2) is 12.7 Å². The second-order valence-electron chi connectivity index (χ2n) is 6.23. The third kappa shape index (κ3) is 1.34. The van der Waals surface area contributed by atoms with Crippen molar-refractivity contribution in [2.24, 2.45) is 5.73 Å². The van der Waals surface area contributed by atoms with Crippen LogP contribution in [0, 0.1) is 0 Å². The molecule has 1 amide bonds. The fourth-order valence-electron chi connectivity index (χ4n) is 4.66. The van der Waals surface area contributed by atoms with E-state index >= 15 is 0 Å². The molecule has 3 unspecified atom stereocenters. The quantitative estimate of drug-likeness (QED) is 0.572. The number of rotatable bonds is 2. The number of nitrogens with two attached hydrogens (primary N) is 1. The third-order valence-corrected chi connectivity index (χ3v) is 5.43. The molecule has 6 nitrogen and oxygen atoms in total. The van der Waals surface area contributed by atoms with Crippen molar-refractivity contribution in [3.63, 3.8) is 0 Å². The first-order chi connectivity index (χ1) is 8.70. The van der Waals surface area contributed by atoms with Crippen LogP contribution >= 0.6 is 0 Å². The topological polar surface area (TPSA) is 52.8 Å². The lowest BCUT2D eigenvalue weighted by atomic mass is 10.1. The average molecular weight is 252 g/mol. The number of amides is 1. The number of nitrogens with zero attached hydrogens (tertiary/aromatic N) is 4. The molecule has 0 aromatic carbocycles. The van der Waals surface area contributed by atoms with E-state index in [0.717, 1.165) is 37.2 Å². The van der Waals surface area contributed by atoms with Crippen molar-refractivity contribution >= 4 is 5.91 Å². The van der Waals surface area contributed by atoms with Crippen LogP contribution < -0.4 is 5.73 Å². The van der Waals surface area contributed by atoms with Gasteiger partial charge in [0.1, 0.15) is 6.17 Å². The molecule has 0 radical (unpaired) electrons. The van der Waals surface area contributed by atoms with Crippen LogP contribution in [0.25, 0.3) is 0 Å². The average Bonchev–Trinajstić information content (AvgIpc) is 2.88. The predicted octanol–water partition coefficient (Wildman–Crippen LogP) is -2.10. The minimum absolute atomic E-state index is 0.138. The van der Waals surface area contributed by atoms with E-state index in [9.17, 15) is 4.79 Å². The van der Waals surface area contributed by atoms with Gasteiger partial charge in [-0.2, -0.15) is 0 Å². The van der Waals surface area contributed by atoms with Crippen molar-refractivity contribution in [3.05, 3.63) is 0 Å². The Kier molecular flexibility index (Phi) is 2.27. The molecule has 0 spiro atoms. The monoisotopic (exact) mass is 252 g/mol. The van der Waals surface area contributed by atoms with Crippen LogP contribution in [0.5, 0.6) is 0 Å². The second-order valence-corrected chi connectivity index (χ2v) is 6.23. The summed E-state index contributed by atoms with van der Waals surface area (Å²) in [7, 11) is 0. The molecule has 4 saturated heterocycles. The van der Waals surface area contributed by atoms with E-state index in [2.05, 4.69) is 14.7 Å². The van der Waals surface area contributed by atoms with Crippen molar-refractivity contribution in [2.75, 3.05) is 58.9 Å². The maximum atomic E-state index is 11.5. The molecular formula is C12H22N5O+. The van der Waals surface area contributed by atoms with Gasteiger partial charge in [-0.3, -0.25) is 19.1 Å². The summed E-state index contributed by atoms with van der Waals surface area (Å²) in [5.41, 5.74) is 5.51. The standard InChI is InChI=1S/C12H21N5O/c13-10(18)9-17-7-5-15-2-1-14-3-4-16(6-8-17)12(17)11(14)15/h11-12H,1-9H2,(H-,13,18)/p+1. The van der Waals surface area contributed by atoms with Gasteiger partial charge in [0.25, 0.3) is 5.91 Å². The molecule has 3 atom stereocenters. The molecule has 0 aromatic heterocycles. The lowest BCUT2D eigenvalue weighted by molar-refractivity contribution is -0.947.